The number of hydrogen-bond acceptors (Lipinski definition) is 9. The second-order valence-electron chi connectivity index (χ2n) is 13.8. The van der Waals surface area contributed by atoms with Gasteiger partial charge in [-0.15, -0.1) is 0 Å². The van der Waals surface area contributed by atoms with Gasteiger partial charge in [-0.3, -0.25) is 14.4 Å². The zero-order valence-corrected chi connectivity index (χ0v) is 29.9. The lowest BCUT2D eigenvalue weighted by atomic mass is 9.92. The largest absolute Gasteiger partial charge is 0.461 e. The number of amides is 3. The molecular weight excluding hydrogens is 650 g/mol. The van der Waals surface area contributed by atoms with E-state index in [0.717, 1.165) is 26.8 Å². The Kier molecular flexibility index (Phi) is 13.5. The van der Waals surface area contributed by atoms with E-state index in [1.807, 2.05) is 86.6 Å². The maximum atomic E-state index is 14.4. The van der Waals surface area contributed by atoms with Crippen molar-refractivity contribution in [3.63, 3.8) is 0 Å². The summed E-state index contributed by atoms with van der Waals surface area (Å²) in [6.07, 6.45) is 0.595. The van der Waals surface area contributed by atoms with Gasteiger partial charge in [0.05, 0.1) is 30.9 Å². The average molecular weight is 700 g/mol. The topological polar surface area (TPSA) is 177 Å². The van der Waals surface area contributed by atoms with E-state index in [-0.39, 0.29) is 25.4 Å². The highest BCUT2D eigenvalue weighted by Crippen LogP contribution is 2.23. The number of aromatic amines is 1. The lowest BCUT2D eigenvalue weighted by Crippen LogP contribution is -2.61. The van der Waals surface area contributed by atoms with Crippen molar-refractivity contribution in [2.45, 2.75) is 96.7 Å². The molecule has 1 heterocycles. The van der Waals surface area contributed by atoms with E-state index in [2.05, 4.69) is 15.3 Å². The number of imidazole rings is 1. The fourth-order valence-electron chi connectivity index (χ4n) is 5.79. The smallest absolute Gasteiger partial charge is 0.417 e. The summed E-state index contributed by atoms with van der Waals surface area (Å²) in [5.74, 6) is -2.52. The molecule has 272 valence electrons. The molecule has 3 amide bonds. The van der Waals surface area contributed by atoms with Crippen LogP contribution in [0.2, 0.25) is 0 Å². The molecule has 2 unspecified atom stereocenters. The Morgan fingerprint density at radius 1 is 0.980 bits per heavy atom. The Morgan fingerprint density at radius 3 is 2.33 bits per heavy atom. The molecule has 0 bridgehead atoms. The standard InChI is InChI=1S/C39H49N5O7/c1-6-25(2)35(33(45)21-34(46)50-23-26-13-8-7-9-14-26)43-36(47)32(20-29-22-41-24-42-29)44(38(49)51-39(3,4)5)37(48)31(40)19-28-17-12-16-27-15-10-11-18-30(27)28/h7-18,22,24-25,31-33,35,45H,6,19-21,23,40H2,1-5H3,(H,41,42)(H,43,47)/t25?,31-,32?,33-,35-/m0/s1. The fourth-order valence-corrected chi connectivity index (χ4v) is 5.79. The number of imide groups is 1. The third-order valence-corrected chi connectivity index (χ3v) is 8.65. The van der Waals surface area contributed by atoms with Crippen molar-refractivity contribution >= 4 is 34.6 Å². The normalized spacial score (nSPS) is 14.5. The number of aromatic nitrogens is 2. The van der Waals surface area contributed by atoms with Crippen LogP contribution in [-0.4, -0.2) is 73.7 Å². The first-order chi connectivity index (χ1) is 24.3. The van der Waals surface area contributed by atoms with E-state index < -0.39 is 60.1 Å². The zero-order valence-electron chi connectivity index (χ0n) is 29.9. The monoisotopic (exact) mass is 699 g/mol. The van der Waals surface area contributed by atoms with Gasteiger partial charge in [0.25, 0.3) is 0 Å². The molecule has 5 atom stereocenters. The van der Waals surface area contributed by atoms with Gasteiger partial charge in [0.1, 0.15) is 18.2 Å². The molecule has 1 aromatic heterocycles. The van der Waals surface area contributed by atoms with Crippen LogP contribution in [0.1, 0.15) is 64.3 Å². The summed E-state index contributed by atoms with van der Waals surface area (Å²) >= 11 is 0. The first-order valence-electron chi connectivity index (χ1n) is 17.2. The number of nitrogens with one attached hydrogen (secondary N) is 2. The number of fused-ring (bicyclic) bond motifs is 1. The summed E-state index contributed by atoms with van der Waals surface area (Å²) in [4.78, 5) is 63.1. The molecule has 12 heteroatoms. The van der Waals surface area contributed by atoms with Gasteiger partial charge in [-0.25, -0.2) is 14.7 Å². The minimum Gasteiger partial charge on any atom is -0.461 e. The number of aliphatic hydroxyl groups is 1. The number of nitrogens with zero attached hydrogens (tertiary/aromatic N) is 2. The highest BCUT2D eigenvalue weighted by Gasteiger charge is 2.42. The van der Waals surface area contributed by atoms with Crippen molar-refractivity contribution in [1.82, 2.24) is 20.2 Å². The molecule has 12 nitrogen and oxygen atoms in total. The Hall–Kier alpha value is -5.07. The van der Waals surface area contributed by atoms with Gasteiger partial charge in [0, 0.05) is 18.3 Å². The quantitative estimate of drug-likeness (QED) is 0.127. The van der Waals surface area contributed by atoms with Gasteiger partial charge in [-0.1, -0.05) is 93.1 Å². The number of aliphatic hydroxyl groups excluding tert-OH is 1. The highest BCUT2D eigenvalue weighted by atomic mass is 16.6. The fraction of sp³-hybridized carbons (Fsp3) is 0.410. The van der Waals surface area contributed by atoms with Crippen LogP contribution in [0.25, 0.3) is 10.8 Å². The number of ether oxygens (including phenoxy) is 2. The molecule has 4 aromatic rings. The van der Waals surface area contributed by atoms with E-state index >= 15 is 0 Å². The Morgan fingerprint density at radius 2 is 1.67 bits per heavy atom. The number of rotatable bonds is 15. The Labute approximate surface area is 298 Å². The lowest BCUT2D eigenvalue weighted by Gasteiger charge is -2.35. The van der Waals surface area contributed by atoms with Gasteiger partial charge in [0.2, 0.25) is 11.8 Å². The number of carbonyl (C=O) groups excluding carboxylic acids is 4. The molecule has 0 spiro atoms. The number of esters is 1. The number of hydrogen-bond donors (Lipinski definition) is 4. The van der Waals surface area contributed by atoms with Gasteiger partial charge in [-0.05, 0) is 55.0 Å². The summed E-state index contributed by atoms with van der Waals surface area (Å²) in [7, 11) is 0. The molecule has 0 aliphatic heterocycles. The summed E-state index contributed by atoms with van der Waals surface area (Å²) in [5, 5.41) is 16.0. The summed E-state index contributed by atoms with van der Waals surface area (Å²) < 4.78 is 11.1. The SMILES string of the molecule is CCC(C)[C@H](NC(=O)C(Cc1cnc[nH]1)N(C(=O)OC(C)(C)C)C(=O)[C@@H](N)Cc1cccc2ccccc12)[C@@H](O)CC(=O)OCc1ccccc1. The predicted octanol–water partition coefficient (Wildman–Crippen LogP) is 4.83. The first kappa shape index (κ1) is 38.7. The van der Waals surface area contributed by atoms with Crippen LogP contribution in [0.3, 0.4) is 0 Å². The number of carbonyl (C=O) groups is 4. The van der Waals surface area contributed by atoms with Crippen LogP contribution < -0.4 is 11.1 Å². The maximum Gasteiger partial charge on any atom is 0.417 e. The van der Waals surface area contributed by atoms with Crippen LogP contribution in [0.15, 0.2) is 85.3 Å². The van der Waals surface area contributed by atoms with Crippen LogP contribution >= 0.6 is 0 Å². The molecule has 5 N–H and O–H groups in total. The van der Waals surface area contributed by atoms with E-state index in [1.165, 1.54) is 12.5 Å². The van der Waals surface area contributed by atoms with Gasteiger partial charge in [-0.2, -0.15) is 0 Å². The summed E-state index contributed by atoms with van der Waals surface area (Å²) in [5.41, 5.74) is 7.59. The Balaban J connectivity index is 1.63. The molecule has 51 heavy (non-hydrogen) atoms. The van der Waals surface area contributed by atoms with E-state index in [0.29, 0.717) is 12.1 Å². The third-order valence-electron chi connectivity index (χ3n) is 8.65. The predicted molar refractivity (Wildman–Crippen MR) is 193 cm³/mol. The first-order valence-corrected chi connectivity index (χ1v) is 17.2. The summed E-state index contributed by atoms with van der Waals surface area (Å²) in [6, 6.07) is 18.9. The molecule has 0 saturated heterocycles. The molecular formula is C39H49N5O7. The number of nitrogens with two attached hydrogens (primary N) is 1. The van der Waals surface area contributed by atoms with Gasteiger partial charge >= 0.3 is 12.1 Å². The van der Waals surface area contributed by atoms with Crippen molar-refractivity contribution in [3.05, 3.63) is 102 Å². The van der Waals surface area contributed by atoms with Crippen LogP contribution in [0.4, 0.5) is 4.79 Å². The Bertz CT molecular complexity index is 1750. The van der Waals surface area contributed by atoms with Gasteiger partial charge < -0.3 is 30.6 Å². The van der Waals surface area contributed by atoms with Crippen molar-refractivity contribution in [3.8, 4) is 0 Å². The number of H-pyrrole nitrogens is 1. The van der Waals surface area contributed by atoms with Crippen molar-refractivity contribution in [1.29, 1.82) is 0 Å². The van der Waals surface area contributed by atoms with E-state index in [9.17, 15) is 24.3 Å². The lowest BCUT2D eigenvalue weighted by molar-refractivity contribution is -0.148. The van der Waals surface area contributed by atoms with E-state index in [4.69, 9.17) is 15.2 Å². The molecule has 0 saturated carbocycles. The molecule has 3 aromatic carbocycles. The minimum atomic E-state index is -1.46. The van der Waals surface area contributed by atoms with Crippen LogP contribution in [0.5, 0.6) is 0 Å². The highest BCUT2D eigenvalue weighted by molar-refractivity contribution is 6.00. The van der Waals surface area contributed by atoms with E-state index in [1.54, 1.807) is 20.8 Å². The molecule has 4 rings (SSSR count). The van der Waals surface area contributed by atoms with Crippen LogP contribution in [-0.2, 0) is 43.3 Å². The second kappa shape index (κ2) is 17.7. The van der Waals surface area contributed by atoms with Crippen molar-refractivity contribution in [2.24, 2.45) is 11.7 Å². The molecule has 0 radical (unpaired) electrons. The average Bonchev–Trinajstić information content (AvgIpc) is 3.62. The third kappa shape index (κ3) is 11.0. The zero-order chi connectivity index (χ0) is 37.1. The molecule has 0 fully saturated rings. The van der Waals surface area contributed by atoms with Crippen molar-refractivity contribution < 1.29 is 33.8 Å². The van der Waals surface area contributed by atoms with Crippen molar-refractivity contribution in [2.75, 3.05) is 0 Å². The van der Waals surface area contributed by atoms with Crippen LogP contribution in [0, 0.1) is 5.92 Å². The molecule has 0 aliphatic rings. The minimum absolute atomic E-state index is 0.0327. The summed E-state index contributed by atoms with van der Waals surface area (Å²) in [6.45, 7) is 8.70. The second-order valence-corrected chi connectivity index (χ2v) is 13.8. The van der Waals surface area contributed by atoms with Gasteiger partial charge in [0.15, 0.2) is 0 Å². The molecule has 0 aliphatic carbocycles. The maximum absolute atomic E-state index is 14.4. The number of benzene rings is 3.